The number of nitrogens with one attached hydrogen (secondary N) is 1. The van der Waals surface area contributed by atoms with Crippen molar-refractivity contribution in [2.45, 2.75) is 19.4 Å². The summed E-state index contributed by atoms with van der Waals surface area (Å²) in [5, 5.41) is 2.91. The van der Waals surface area contributed by atoms with Crippen LogP contribution in [-0.2, 0) is 4.79 Å². The second-order valence-corrected chi connectivity index (χ2v) is 3.35. The number of amides is 1. The molecule has 16 heavy (non-hydrogen) atoms. The van der Waals surface area contributed by atoms with Crippen molar-refractivity contribution in [3.63, 3.8) is 0 Å². The van der Waals surface area contributed by atoms with E-state index in [0.717, 1.165) is 0 Å². The standard InChI is InChI=1S/C11H15FN2O2/c1-3-8(11(13)15)14-9-5-4-7(12)6-10(9)16-2/h4-6,8,14H,3H2,1-2H3,(H2,13,15). The van der Waals surface area contributed by atoms with E-state index in [1.54, 1.807) is 0 Å². The zero-order valence-corrected chi connectivity index (χ0v) is 9.29. The summed E-state index contributed by atoms with van der Waals surface area (Å²) < 4.78 is 17.9. The monoisotopic (exact) mass is 226 g/mol. The molecule has 4 nitrogen and oxygen atoms in total. The third kappa shape index (κ3) is 2.85. The fraction of sp³-hybridized carbons (Fsp3) is 0.364. The summed E-state index contributed by atoms with van der Waals surface area (Å²) in [6.45, 7) is 1.83. The molecule has 1 atom stereocenters. The van der Waals surface area contributed by atoms with Crippen LogP contribution in [0.4, 0.5) is 10.1 Å². The normalized spacial score (nSPS) is 11.9. The van der Waals surface area contributed by atoms with Crippen LogP contribution in [0.3, 0.4) is 0 Å². The number of ether oxygens (including phenoxy) is 1. The average Bonchev–Trinajstić information content (AvgIpc) is 2.26. The number of primary amides is 1. The number of benzene rings is 1. The van der Waals surface area contributed by atoms with Crippen LogP contribution >= 0.6 is 0 Å². The van der Waals surface area contributed by atoms with Crippen LogP contribution in [0.25, 0.3) is 0 Å². The first kappa shape index (κ1) is 12.3. The lowest BCUT2D eigenvalue weighted by molar-refractivity contribution is -0.118. The minimum absolute atomic E-state index is 0.347. The first-order chi connectivity index (χ1) is 7.58. The molecule has 0 saturated carbocycles. The number of carbonyl (C=O) groups is 1. The Balaban J connectivity index is 2.91. The first-order valence-corrected chi connectivity index (χ1v) is 4.97. The van der Waals surface area contributed by atoms with Gasteiger partial charge in [-0.25, -0.2) is 4.39 Å². The van der Waals surface area contributed by atoms with E-state index in [1.807, 2.05) is 6.92 Å². The van der Waals surface area contributed by atoms with Crippen LogP contribution in [0, 0.1) is 5.82 Å². The minimum atomic E-state index is -0.487. The highest BCUT2D eigenvalue weighted by Crippen LogP contribution is 2.25. The number of hydrogen-bond acceptors (Lipinski definition) is 3. The number of nitrogens with two attached hydrogens (primary N) is 1. The Morgan fingerprint density at radius 1 is 1.62 bits per heavy atom. The number of methoxy groups -OCH3 is 1. The van der Waals surface area contributed by atoms with Crippen LogP contribution in [0.2, 0.25) is 0 Å². The molecular weight excluding hydrogens is 211 g/mol. The Morgan fingerprint density at radius 3 is 2.81 bits per heavy atom. The Bertz CT molecular complexity index is 382. The van der Waals surface area contributed by atoms with Gasteiger partial charge in [0, 0.05) is 6.07 Å². The second-order valence-electron chi connectivity index (χ2n) is 3.35. The molecule has 0 fully saturated rings. The fourth-order valence-electron chi connectivity index (χ4n) is 1.35. The molecule has 0 heterocycles. The van der Waals surface area contributed by atoms with Gasteiger partial charge >= 0.3 is 0 Å². The molecule has 0 aromatic heterocycles. The lowest BCUT2D eigenvalue weighted by Gasteiger charge is -2.16. The van der Waals surface area contributed by atoms with E-state index in [-0.39, 0.29) is 0 Å². The molecule has 1 aromatic rings. The predicted molar refractivity (Wildman–Crippen MR) is 59.8 cm³/mol. The maximum Gasteiger partial charge on any atom is 0.239 e. The summed E-state index contributed by atoms with van der Waals surface area (Å²) in [6.07, 6.45) is 0.551. The van der Waals surface area contributed by atoms with Gasteiger partial charge < -0.3 is 15.8 Å². The zero-order chi connectivity index (χ0) is 12.1. The maximum atomic E-state index is 12.9. The van der Waals surface area contributed by atoms with Crippen molar-refractivity contribution in [1.29, 1.82) is 0 Å². The Labute approximate surface area is 93.6 Å². The molecule has 0 aliphatic carbocycles. The van der Waals surface area contributed by atoms with Crippen molar-refractivity contribution in [1.82, 2.24) is 0 Å². The van der Waals surface area contributed by atoms with Crippen LogP contribution in [0.1, 0.15) is 13.3 Å². The zero-order valence-electron chi connectivity index (χ0n) is 9.29. The van der Waals surface area contributed by atoms with Gasteiger partial charge in [-0.2, -0.15) is 0 Å². The molecule has 1 aromatic carbocycles. The number of carbonyl (C=O) groups excluding carboxylic acids is 1. The molecule has 1 amide bonds. The summed E-state index contributed by atoms with van der Waals surface area (Å²) in [7, 11) is 1.44. The molecule has 3 N–H and O–H groups in total. The number of anilines is 1. The van der Waals surface area contributed by atoms with Gasteiger partial charge in [-0.3, -0.25) is 4.79 Å². The Morgan fingerprint density at radius 2 is 2.31 bits per heavy atom. The van der Waals surface area contributed by atoms with Crippen LogP contribution in [0.5, 0.6) is 5.75 Å². The molecule has 88 valence electrons. The molecule has 0 bridgehead atoms. The molecule has 1 rings (SSSR count). The van der Waals surface area contributed by atoms with Gasteiger partial charge in [0.1, 0.15) is 17.6 Å². The SMILES string of the molecule is CCC(Nc1ccc(F)cc1OC)C(N)=O. The quantitative estimate of drug-likeness (QED) is 0.799. The number of hydrogen-bond donors (Lipinski definition) is 2. The fourth-order valence-corrected chi connectivity index (χ4v) is 1.35. The summed E-state index contributed by atoms with van der Waals surface area (Å²) in [5.41, 5.74) is 5.75. The topological polar surface area (TPSA) is 64.3 Å². The molecular formula is C11H15FN2O2. The van der Waals surface area contributed by atoms with E-state index < -0.39 is 17.8 Å². The van der Waals surface area contributed by atoms with Crippen molar-refractivity contribution in [2.75, 3.05) is 12.4 Å². The van der Waals surface area contributed by atoms with Crippen molar-refractivity contribution < 1.29 is 13.9 Å². The van der Waals surface area contributed by atoms with Crippen LogP contribution in [0.15, 0.2) is 18.2 Å². The molecule has 0 spiro atoms. The highest BCUT2D eigenvalue weighted by atomic mass is 19.1. The van der Waals surface area contributed by atoms with Crippen molar-refractivity contribution >= 4 is 11.6 Å². The Hall–Kier alpha value is -1.78. The van der Waals surface area contributed by atoms with Crippen molar-refractivity contribution in [2.24, 2.45) is 5.73 Å². The maximum absolute atomic E-state index is 12.9. The molecule has 0 aliphatic rings. The van der Waals surface area contributed by atoms with Gasteiger partial charge in [0.2, 0.25) is 5.91 Å². The van der Waals surface area contributed by atoms with E-state index >= 15 is 0 Å². The lowest BCUT2D eigenvalue weighted by atomic mass is 10.2. The summed E-state index contributed by atoms with van der Waals surface area (Å²) in [5.74, 6) is -0.497. The third-order valence-corrected chi connectivity index (χ3v) is 2.24. The predicted octanol–water partition coefficient (Wildman–Crippen LogP) is 1.51. The smallest absolute Gasteiger partial charge is 0.239 e. The van der Waals surface area contributed by atoms with Gasteiger partial charge in [-0.05, 0) is 18.6 Å². The van der Waals surface area contributed by atoms with E-state index in [9.17, 15) is 9.18 Å². The molecule has 0 radical (unpaired) electrons. The first-order valence-electron chi connectivity index (χ1n) is 4.97. The largest absolute Gasteiger partial charge is 0.494 e. The van der Waals surface area contributed by atoms with E-state index in [2.05, 4.69) is 5.32 Å². The molecule has 5 heteroatoms. The lowest BCUT2D eigenvalue weighted by Crippen LogP contribution is -2.34. The number of rotatable bonds is 5. The summed E-state index contributed by atoms with van der Waals surface area (Å²) in [6, 6.07) is 3.56. The Kier molecular flexibility index (Phi) is 4.10. The van der Waals surface area contributed by atoms with E-state index in [0.29, 0.717) is 17.9 Å². The minimum Gasteiger partial charge on any atom is -0.494 e. The van der Waals surface area contributed by atoms with Crippen molar-refractivity contribution in [3.05, 3.63) is 24.0 Å². The second kappa shape index (κ2) is 5.34. The highest BCUT2D eigenvalue weighted by molar-refractivity contribution is 5.83. The highest BCUT2D eigenvalue weighted by Gasteiger charge is 2.14. The van der Waals surface area contributed by atoms with Gasteiger partial charge in [0.25, 0.3) is 0 Å². The third-order valence-electron chi connectivity index (χ3n) is 2.24. The van der Waals surface area contributed by atoms with Gasteiger partial charge in [0.05, 0.1) is 12.8 Å². The van der Waals surface area contributed by atoms with Gasteiger partial charge in [-0.1, -0.05) is 6.92 Å². The number of halogens is 1. The molecule has 1 unspecified atom stereocenters. The molecule has 0 saturated heterocycles. The van der Waals surface area contributed by atoms with Crippen LogP contribution < -0.4 is 15.8 Å². The summed E-state index contributed by atoms with van der Waals surface area (Å²) in [4.78, 5) is 11.0. The van der Waals surface area contributed by atoms with E-state index in [4.69, 9.17) is 10.5 Å². The van der Waals surface area contributed by atoms with E-state index in [1.165, 1.54) is 25.3 Å². The van der Waals surface area contributed by atoms with Crippen LogP contribution in [-0.4, -0.2) is 19.1 Å². The molecule has 0 aliphatic heterocycles. The average molecular weight is 226 g/mol. The van der Waals surface area contributed by atoms with Gasteiger partial charge in [0.15, 0.2) is 0 Å². The summed E-state index contributed by atoms with van der Waals surface area (Å²) >= 11 is 0. The van der Waals surface area contributed by atoms with Gasteiger partial charge in [-0.15, -0.1) is 0 Å². The van der Waals surface area contributed by atoms with Crippen molar-refractivity contribution in [3.8, 4) is 5.75 Å².